The first-order valence-corrected chi connectivity index (χ1v) is 5.71. The van der Waals surface area contributed by atoms with E-state index in [-0.39, 0.29) is 6.04 Å². The number of nitrogens with zero attached hydrogens (tertiary/aromatic N) is 1. The summed E-state index contributed by atoms with van der Waals surface area (Å²) in [6.45, 7) is 4.42. The molecule has 5 nitrogen and oxygen atoms in total. The van der Waals surface area contributed by atoms with E-state index in [1.54, 1.807) is 7.11 Å². The Morgan fingerprint density at radius 2 is 2.25 bits per heavy atom. The topological polar surface area (TPSA) is 60.5 Å². The van der Waals surface area contributed by atoms with E-state index < -0.39 is 5.97 Å². The second kappa shape index (κ2) is 5.81. The van der Waals surface area contributed by atoms with Crippen LogP contribution in [0.3, 0.4) is 0 Å². The number of ether oxygens (including phenoxy) is 2. The summed E-state index contributed by atoms with van der Waals surface area (Å²) in [4.78, 5) is 16.4. The van der Waals surface area contributed by atoms with Gasteiger partial charge in [-0.2, -0.15) is 0 Å². The van der Waals surface area contributed by atoms with Gasteiger partial charge in [0.2, 0.25) is 0 Å². The monoisotopic (exact) mass is 244 g/mol. The van der Waals surface area contributed by atoms with E-state index in [9.17, 15) is 4.79 Å². The molecule has 0 bridgehead atoms. The second-order valence-electron chi connectivity index (χ2n) is 3.42. The molecular weight excluding hydrogens is 228 g/mol. The number of carbonyl (C=O) groups excluding carboxylic acids is 1. The lowest BCUT2D eigenvalue weighted by atomic mass is 10.4. The van der Waals surface area contributed by atoms with Crippen molar-refractivity contribution in [3.8, 4) is 0 Å². The maximum Gasteiger partial charge on any atom is 0.357 e. The average Bonchev–Trinajstić information content (AvgIpc) is 2.58. The molecule has 1 heterocycles. The van der Waals surface area contributed by atoms with E-state index in [1.807, 2.05) is 13.8 Å². The first-order chi connectivity index (χ1) is 7.58. The van der Waals surface area contributed by atoms with Gasteiger partial charge in [0.05, 0.1) is 13.7 Å². The number of hydrogen-bond acceptors (Lipinski definition) is 6. The van der Waals surface area contributed by atoms with Crippen molar-refractivity contribution in [3.63, 3.8) is 0 Å². The Kier molecular flexibility index (Phi) is 4.70. The molecule has 1 aromatic rings. The van der Waals surface area contributed by atoms with Crippen LogP contribution in [0.1, 0.15) is 22.3 Å². The number of hydrogen-bond donors (Lipinski definition) is 1. The summed E-state index contributed by atoms with van der Waals surface area (Å²) in [5.74, 6) is -0.402. The van der Waals surface area contributed by atoms with Crippen LogP contribution in [0.2, 0.25) is 0 Å². The Labute approximate surface area is 98.8 Å². The third-order valence-corrected chi connectivity index (χ3v) is 2.86. The Hall–Kier alpha value is -1.14. The van der Waals surface area contributed by atoms with Gasteiger partial charge in [-0.1, -0.05) is 0 Å². The van der Waals surface area contributed by atoms with Gasteiger partial charge in [-0.3, -0.25) is 0 Å². The van der Waals surface area contributed by atoms with Crippen molar-refractivity contribution in [2.24, 2.45) is 0 Å². The Morgan fingerprint density at radius 1 is 1.56 bits per heavy atom. The van der Waals surface area contributed by atoms with Crippen LogP contribution < -0.4 is 5.32 Å². The molecule has 1 unspecified atom stereocenters. The van der Waals surface area contributed by atoms with Crippen LogP contribution in [0.25, 0.3) is 0 Å². The molecule has 90 valence electrons. The van der Waals surface area contributed by atoms with Crippen molar-refractivity contribution < 1.29 is 14.3 Å². The average molecular weight is 244 g/mol. The predicted molar refractivity (Wildman–Crippen MR) is 63.2 cm³/mol. The highest BCUT2D eigenvalue weighted by atomic mass is 32.1. The summed E-state index contributed by atoms with van der Waals surface area (Å²) in [6, 6.07) is 0.154. The van der Waals surface area contributed by atoms with Gasteiger partial charge in [-0.15, -0.1) is 11.3 Å². The van der Waals surface area contributed by atoms with Gasteiger partial charge in [0.1, 0.15) is 0 Å². The van der Waals surface area contributed by atoms with Crippen LogP contribution >= 0.6 is 11.3 Å². The molecule has 1 atom stereocenters. The zero-order valence-electron chi connectivity index (χ0n) is 9.86. The minimum absolute atomic E-state index is 0.154. The zero-order chi connectivity index (χ0) is 12.1. The van der Waals surface area contributed by atoms with Crippen molar-refractivity contribution in [1.29, 1.82) is 0 Å². The van der Waals surface area contributed by atoms with E-state index in [2.05, 4.69) is 15.0 Å². The number of anilines is 1. The first-order valence-electron chi connectivity index (χ1n) is 4.89. The molecule has 1 rings (SSSR count). The van der Waals surface area contributed by atoms with Gasteiger partial charge in [-0.25, -0.2) is 9.78 Å². The van der Waals surface area contributed by atoms with Crippen LogP contribution in [0.5, 0.6) is 0 Å². The number of nitrogens with one attached hydrogen (secondary N) is 1. The summed E-state index contributed by atoms with van der Waals surface area (Å²) in [5, 5.41) is 3.87. The summed E-state index contributed by atoms with van der Waals surface area (Å²) in [5.41, 5.74) is 0.375. The summed E-state index contributed by atoms with van der Waals surface area (Å²) in [6.07, 6.45) is 0. The van der Waals surface area contributed by atoms with Crippen LogP contribution in [0.4, 0.5) is 5.13 Å². The van der Waals surface area contributed by atoms with Crippen LogP contribution in [0.15, 0.2) is 0 Å². The van der Waals surface area contributed by atoms with Gasteiger partial charge < -0.3 is 14.8 Å². The van der Waals surface area contributed by atoms with Gasteiger partial charge in [0.25, 0.3) is 0 Å². The number of rotatable bonds is 5. The van der Waals surface area contributed by atoms with Gasteiger partial charge in [0.15, 0.2) is 10.8 Å². The molecule has 0 radical (unpaired) electrons. The highest BCUT2D eigenvalue weighted by molar-refractivity contribution is 7.15. The normalized spacial score (nSPS) is 12.2. The predicted octanol–water partition coefficient (Wildman–Crippen LogP) is 1.68. The van der Waals surface area contributed by atoms with Gasteiger partial charge >= 0.3 is 5.97 Å². The van der Waals surface area contributed by atoms with Crippen molar-refractivity contribution >= 4 is 22.4 Å². The van der Waals surface area contributed by atoms with E-state index in [0.717, 1.165) is 4.88 Å². The van der Waals surface area contributed by atoms with Crippen LogP contribution in [0, 0.1) is 6.92 Å². The molecule has 0 aliphatic heterocycles. The van der Waals surface area contributed by atoms with E-state index >= 15 is 0 Å². The second-order valence-corrected chi connectivity index (χ2v) is 4.62. The minimum atomic E-state index is -0.402. The Morgan fingerprint density at radius 3 is 2.81 bits per heavy atom. The lowest BCUT2D eigenvalue weighted by Crippen LogP contribution is -2.20. The molecule has 0 saturated heterocycles. The van der Waals surface area contributed by atoms with Crippen LogP contribution in [-0.4, -0.2) is 37.8 Å². The Bertz CT molecular complexity index is 365. The third kappa shape index (κ3) is 3.18. The van der Waals surface area contributed by atoms with E-state index in [1.165, 1.54) is 18.4 Å². The number of thiazole rings is 1. The molecule has 6 heteroatoms. The minimum Gasteiger partial charge on any atom is -0.464 e. The maximum atomic E-state index is 11.3. The molecule has 0 fully saturated rings. The maximum absolute atomic E-state index is 11.3. The molecule has 1 N–H and O–H groups in total. The fraction of sp³-hybridized carbons (Fsp3) is 0.600. The van der Waals surface area contributed by atoms with Crippen molar-refractivity contribution in [2.75, 3.05) is 26.1 Å². The summed E-state index contributed by atoms with van der Waals surface area (Å²) >= 11 is 1.43. The van der Waals surface area contributed by atoms with Crippen molar-refractivity contribution in [3.05, 3.63) is 10.6 Å². The van der Waals surface area contributed by atoms with E-state index in [0.29, 0.717) is 17.4 Å². The van der Waals surface area contributed by atoms with Crippen molar-refractivity contribution in [1.82, 2.24) is 4.98 Å². The lowest BCUT2D eigenvalue weighted by Gasteiger charge is -2.10. The largest absolute Gasteiger partial charge is 0.464 e. The molecule has 0 amide bonds. The molecule has 1 aromatic heterocycles. The molecule has 0 aromatic carbocycles. The number of esters is 1. The summed E-state index contributed by atoms with van der Waals surface area (Å²) < 4.78 is 9.64. The Balaban J connectivity index is 2.73. The van der Waals surface area contributed by atoms with Crippen LogP contribution in [-0.2, 0) is 9.47 Å². The van der Waals surface area contributed by atoms with E-state index in [4.69, 9.17) is 4.74 Å². The number of aromatic nitrogens is 1. The smallest absolute Gasteiger partial charge is 0.357 e. The molecule has 0 spiro atoms. The highest BCUT2D eigenvalue weighted by Gasteiger charge is 2.16. The fourth-order valence-electron chi connectivity index (χ4n) is 1.25. The standard InChI is InChI=1S/C10H16N2O3S/c1-6(5-14-3)11-10-12-8(7(2)16-10)9(13)15-4/h6H,5H2,1-4H3,(H,11,12). The fourth-order valence-corrected chi connectivity index (χ4v) is 2.16. The number of carbonyl (C=O) groups is 1. The SMILES string of the molecule is COCC(C)Nc1nc(C(=O)OC)c(C)s1. The van der Waals surface area contributed by atoms with Gasteiger partial charge in [0, 0.05) is 18.0 Å². The quantitative estimate of drug-likeness (QED) is 0.799. The zero-order valence-corrected chi connectivity index (χ0v) is 10.7. The highest BCUT2D eigenvalue weighted by Crippen LogP contribution is 2.23. The van der Waals surface area contributed by atoms with Crippen molar-refractivity contribution in [2.45, 2.75) is 19.9 Å². The molecule has 16 heavy (non-hydrogen) atoms. The molecule has 0 saturated carbocycles. The molecular formula is C10H16N2O3S. The third-order valence-electron chi connectivity index (χ3n) is 1.96. The lowest BCUT2D eigenvalue weighted by molar-refractivity contribution is 0.0594. The van der Waals surface area contributed by atoms with Gasteiger partial charge in [-0.05, 0) is 13.8 Å². The first kappa shape index (κ1) is 12.9. The molecule has 0 aliphatic rings. The molecule has 0 aliphatic carbocycles. The summed E-state index contributed by atoms with van der Waals surface area (Å²) in [7, 11) is 2.99. The number of methoxy groups -OCH3 is 2. The number of aryl methyl sites for hydroxylation is 1.